The number of ether oxygens (including phenoxy) is 1. The van der Waals surface area contributed by atoms with Crippen LogP contribution >= 0.6 is 11.6 Å². The van der Waals surface area contributed by atoms with E-state index in [1.165, 1.54) is 36.7 Å². The minimum absolute atomic E-state index is 0.0397. The lowest BCUT2D eigenvalue weighted by atomic mass is 10.1. The second kappa shape index (κ2) is 7.37. The molecule has 1 aromatic heterocycles. The summed E-state index contributed by atoms with van der Waals surface area (Å²) in [7, 11) is 0. The number of rotatable bonds is 6. The van der Waals surface area contributed by atoms with E-state index in [1.807, 2.05) is 0 Å². The zero-order valence-corrected chi connectivity index (χ0v) is 15.2. The first-order chi connectivity index (χ1) is 12.6. The molecule has 0 spiro atoms. The fourth-order valence-electron chi connectivity index (χ4n) is 3.34. The molecule has 1 amide bonds. The Labute approximate surface area is 156 Å². The molecule has 138 valence electrons. The van der Waals surface area contributed by atoms with Gasteiger partial charge in [0.15, 0.2) is 0 Å². The molecule has 1 fully saturated rings. The number of aromatic nitrogens is 2. The Morgan fingerprint density at radius 3 is 3.08 bits per heavy atom. The van der Waals surface area contributed by atoms with Crippen molar-refractivity contribution in [3.8, 4) is 0 Å². The molecular formula is C19H21ClFN3O2. The molecule has 5 nitrogen and oxygen atoms in total. The van der Waals surface area contributed by atoms with Gasteiger partial charge in [0.2, 0.25) is 0 Å². The molecule has 1 N–H and O–H groups in total. The lowest BCUT2D eigenvalue weighted by molar-refractivity contribution is 0.0950. The molecule has 1 aliphatic carbocycles. The zero-order chi connectivity index (χ0) is 18.1. The molecule has 7 heteroatoms. The predicted octanol–water partition coefficient (Wildman–Crippen LogP) is 3.13. The van der Waals surface area contributed by atoms with Gasteiger partial charge in [0.25, 0.3) is 5.91 Å². The molecule has 1 aromatic carbocycles. The first-order valence-electron chi connectivity index (χ1n) is 9.00. The van der Waals surface area contributed by atoms with Gasteiger partial charge in [-0.15, -0.1) is 0 Å². The van der Waals surface area contributed by atoms with Crippen molar-refractivity contribution in [3.63, 3.8) is 0 Å². The summed E-state index contributed by atoms with van der Waals surface area (Å²) in [6.45, 7) is 2.67. The van der Waals surface area contributed by atoms with Crippen molar-refractivity contribution in [1.82, 2.24) is 15.1 Å². The highest BCUT2D eigenvalue weighted by Gasteiger charge is 2.27. The molecule has 0 bridgehead atoms. The topological polar surface area (TPSA) is 56.2 Å². The smallest absolute Gasteiger partial charge is 0.254 e. The molecule has 0 saturated heterocycles. The van der Waals surface area contributed by atoms with Gasteiger partial charge in [-0.1, -0.05) is 11.6 Å². The first kappa shape index (κ1) is 17.5. The van der Waals surface area contributed by atoms with E-state index < -0.39 is 11.7 Å². The van der Waals surface area contributed by atoms with Crippen LogP contribution in [0, 0.1) is 11.7 Å². The van der Waals surface area contributed by atoms with Gasteiger partial charge < -0.3 is 10.1 Å². The Bertz CT molecular complexity index is 832. The van der Waals surface area contributed by atoms with Crippen molar-refractivity contribution in [3.05, 3.63) is 51.6 Å². The van der Waals surface area contributed by atoms with E-state index in [4.69, 9.17) is 21.4 Å². The van der Waals surface area contributed by atoms with Crippen LogP contribution in [0.4, 0.5) is 4.39 Å². The van der Waals surface area contributed by atoms with Gasteiger partial charge in [-0.2, -0.15) is 5.10 Å². The molecule has 0 atom stereocenters. The van der Waals surface area contributed by atoms with E-state index in [2.05, 4.69) is 10.00 Å². The first-order valence-corrected chi connectivity index (χ1v) is 9.38. The van der Waals surface area contributed by atoms with Crippen LogP contribution < -0.4 is 5.32 Å². The maximum atomic E-state index is 13.8. The number of hydrogen-bond donors (Lipinski definition) is 1. The Morgan fingerprint density at radius 1 is 1.42 bits per heavy atom. The van der Waals surface area contributed by atoms with Gasteiger partial charge in [-0.3, -0.25) is 9.48 Å². The Hall–Kier alpha value is -1.92. The monoisotopic (exact) mass is 377 g/mol. The molecule has 26 heavy (non-hydrogen) atoms. The van der Waals surface area contributed by atoms with E-state index in [0.717, 1.165) is 36.7 Å². The average molecular weight is 378 g/mol. The fraction of sp³-hybridized carbons (Fsp3) is 0.474. The van der Waals surface area contributed by atoms with Gasteiger partial charge in [-0.25, -0.2) is 4.39 Å². The summed E-state index contributed by atoms with van der Waals surface area (Å²) in [6.07, 6.45) is 4.04. The molecule has 4 rings (SSSR count). The molecule has 0 radical (unpaired) electrons. The fourth-order valence-corrected chi connectivity index (χ4v) is 3.51. The molecule has 2 aromatic rings. The third-order valence-corrected chi connectivity index (χ3v) is 5.16. The zero-order valence-electron chi connectivity index (χ0n) is 14.4. The maximum Gasteiger partial charge on any atom is 0.254 e. The number of fused-ring (bicyclic) bond motifs is 1. The van der Waals surface area contributed by atoms with Gasteiger partial charge >= 0.3 is 0 Å². The summed E-state index contributed by atoms with van der Waals surface area (Å²) in [6, 6.07) is 3.96. The van der Waals surface area contributed by atoms with Crippen LogP contribution in [-0.4, -0.2) is 28.8 Å². The van der Waals surface area contributed by atoms with E-state index in [0.29, 0.717) is 24.6 Å². The number of nitrogens with zero attached hydrogens (tertiary/aromatic N) is 2. The maximum absolute atomic E-state index is 13.8. The summed E-state index contributed by atoms with van der Waals surface area (Å²) in [5.74, 6) is -0.292. The molecule has 2 aliphatic rings. The summed E-state index contributed by atoms with van der Waals surface area (Å²) in [5.41, 5.74) is 3.35. The second-order valence-corrected chi connectivity index (χ2v) is 7.37. The van der Waals surface area contributed by atoms with E-state index in [1.54, 1.807) is 0 Å². The molecule has 2 heterocycles. The summed E-state index contributed by atoms with van der Waals surface area (Å²) in [5, 5.41) is 7.86. The van der Waals surface area contributed by atoms with Crippen LogP contribution in [0.5, 0.6) is 0 Å². The Kier molecular flexibility index (Phi) is 4.96. The highest BCUT2D eigenvalue weighted by atomic mass is 35.5. The van der Waals surface area contributed by atoms with Gasteiger partial charge in [0.1, 0.15) is 5.82 Å². The Balaban J connectivity index is 1.42. The quantitative estimate of drug-likeness (QED) is 0.841. The number of carbonyl (C=O) groups excluding carboxylic acids is 1. The van der Waals surface area contributed by atoms with Crippen molar-refractivity contribution in [2.45, 2.75) is 38.8 Å². The third kappa shape index (κ3) is 3.76. The highest BCUT2D eigenvalue weighted by Crippen LogP contribution is 2.32. The van der Waals surface area contributed by atoms with Gasteiger partial charge in [0.05, 0.1) is 24.5 Å². The number of carbonyl (C=O) groups is 1. The molecule has 0 unspecified atom stereocenters. The van der Waals surface area contributed by atoms with Crippen LogP contribution in [0.1, 0.15) is 40.2 Å². The van der Waals surface area contributed by atoms with Crippen LogP contribution in [0.15, 0.2) is 18.2 Å². The number of nitrogens with one attached hydrogen (secondary N) is 1. The second-order valence-electron chi connectivity index (χ2n) is 6.93. The van der Waals surface area contributed by atoms with Crippen LogP contribution in [-0.2, 0) is 30.7 Å². The largest absolute Gasteiger partial charge is 0.376 e. The standard InChI is InChI=1S/C19H21ClFN3O2/c20-13-3-4-16(21)14(9-13)19(25)22-7-5-17-15-11-26-8-6-18(15)24(23-17)10-12-1-2-12/h3-4,9,12H,1-2,5-8,10-11H2,(H,22,25). The average Bonchev–Trinajstić information content (AvgIpc) is 3.39. The lowest BCUT2D eigenvalue weighted by Gasteiger charge is -2.15. The summed E-state index contributed by atoms with van der Waals surface area (Å²) < 4.78 is 21.5. The van der Waals surface area contributed by atoms with E-state index in [-0.39, 0.29) is 5.56 Å². The normalized spacial score (nSPS) is 16.4. The van der Waals surface area contributed by atoms with Crippen LogP contribution in [0.2, 0.25) is 5.02 Å². The minimum Gasteiger partial charge on any atom is -0.376 e. The molecule has 1 saturated carbocycles. The minimum atomic E-state index is -0.577. The summed E-state index contributed by atoms with van der Waals surface area (Å²) in [4.78, 5) is 12.2. The van der Waals surface area contributed by atoms with Gasteiger partial charge in [0, 0.05) is 42.2 Å². The predicted molar refractivity (Wildman–Crippen MR) is 95.8 cm³/mol. The Morgan fingerprint density at radius 2 is 2.27 bits per heavy atom. The molecule has 1 aliphatic heterocycles. The van der Waals surface area contributed by atoms with Crippen molar-refractivity contribution < 1.29 is 13.9 Å². The lowest BCUT2D eigenvalue weighted by Crippen LogP contribution is -2.27. The van der Waals surface area contributed by atoms with Crippen molar-refractivity contribution in [2.24, 2.45) is 5.92 Å². The van der Waals surface area contributed by atoms with E-state index in [9.17, 15) is 9.18 Å². The van der Waals surface area contributed by atoms with Crippen molar-refractivity contribution in [1.29, 1.82) is 0 Å². The van der Waals surface area contributed by atoms with Crippen LogP contribution in [0.25, 0.3) is 0 Å². The van der Waals surface area contributed by atoms with Crippen molar-refractivity contribution in [2.75, 3.05) is 13.2 Å². The van der Waals surface area contributed by atoms with Gasteiger partial charge in [-0.05, 0) is 37.0 Å². The summed E-state index contributed by atoms with van der Waals surface area (Å²) >= 11 is 5.85. The molecular weight excluding hydrogens is 357 g/mol. The third-order valence-electron chi connectivity index (χ3n) is 4.93. The van der Waals surface area contributed by atoms with E-state index >= 15 is 0 Å². The van der Waals surface area contributed by atoms with Crippen molar-refractivity contribution >= 4 is 17.5 Å². The van der Waals surface area contributed by atoms with Crippen LogP contribution in [0.3, 0.4) is 0 Å². The SMILES string of the molecule is O=C(NCCc1nn(CC2CC2)c2c1COCC2)c1cc(Cl)ccc1F. The number of benzene rings is 1. The highest BCUT2D eigenvalue weighted by molar-refractivity contribution is 6.31. The number of hydrogen-bond acceptors (Lipinski definition) is 3. The number of amides is 1. The number of halogens is 2.